The molecule has 8 heteroatoms. The molecule has 1 atom stereocenters. The van der Waals surface area contributed by atoms with Gasteiger partial charge in [-0.15, -0.1) is 16.4 Å². The largest absolute Gasteiger partial charge is 0.320 e. The first-order valence-electron chi connectivity index (χ1n) is 12.3. The number of nitrogens with zero attached hydrogens (tertiary/aromatic N) is 5. The Morgan fingerprint density at radius 2 is 1.97 bits per heavy atom. The second kappa shape index (κ2) is 10.2. The van der Waals surface area contributed by atoms with E-state index in [0.29, 0.717) is 6.54 Å². The van der Waals surface area contributed by atoms with Gasteiger partial charge in [-0.05, 0) is 50.3 Å². The van der Waals surface area contributed by atoms with E-state index in [2.05, 4.69) is 10.3 Å². The van der Waals surface area contributed by atoms with Crippen molar-refractivity contribution in [3.8, 4) is 0 Å². The molecule has 1 aromatic carbocycles. The van der Waals surface area contributed by atoms with Gasteiger partial charge in [-0.25, -0.2) is 4.68 Å². The molecule has 3 aromatic rings. The van der Waals surface area contributed by atoms with E-state index in [-0.39, 0.29) is 24.4 Å². The standard InChI is InChI=1S/C27H31N5O2S/c1-3-10-22-19(2)32(20-11-5-4-6-12-20)27(34)26(22)30(17-21-13-9-16-35-21)25(33)18-31-24-15-8-7-14-23(24)28-29-31/h3,7-10,13-16,20,26H,4-6,11-12,17-18H2,1-2H3/b10-3-. The molecule has 0 saturated heterocycles. The van der Waals surface area contributed by atoms with Gasteiger partial charge in [0.2, 0.25) is 5.91 Å². The number of hydrogen-bond acceptors (Lipinski definition) is 5. The van der Waals surface area contributed by atoms with Gasteiger partial charge in [0.15, 0.2) is 0 Å². The Balaban J connectivity index is 1.51. The molecule has 0 radical (unpaired) electrons. The van der Waals surface area contributed by atoms with Crippen LogP contribution in [-0.2, 0) is 22.7 Å². The molecule has 1 fully saturated rings. The number of aromatic nitrogens is 3. The highest BCUT2D eigenvalue weighted by Gasteiger charge is 2.44. The van der Waals surface area contributed by atoms with E-state index in [4.69, 9.17) is 0 Å². The summed E-state index contributed by atoms with van der Waals surface area (Å²) in [7, 11) is 0. The SMILES string of the molecule is C/C=C\C1=C(C)N(C2CCCCC2)C(=O)C1N(Cc1cccs1)C(=O)Cn1nnc2ccccc21. The fourth-order valence-corrected chi connectivity index (χ4v) is 6.10. The van der Waals surface area contributed by atoms with Crippen molar-refractivity contribution in [3.05, 3.63) is 70.1 Å². The topological polar surface area (TPSA) is 71.3 Å². The van der Waals surface area contributed by atoms with E-state index < -0.39 is 6.04 Å². The van der Waals surface area contributed by atoms with Crippen LogP contribution in [0.2, 0.25) is 0 Å². The molecule has 7 nitrogen and oxygen atoms in total. The Labute approximate surface area is 209 Å². The van der Waals surface area contributed by atoms with Crippen molar-refractivity contribution in [3.63, 3.8) is 0 Å². The van der Waals surface area contributed by atoms with Gasteiger partial charge in [0.05, 0.1) is 12.1 Å². The van der Waals surface area contributed by atoms with Crippen LogP contribution >= 0.6 is 11.3 Å². The molecule has 5 rings (SSSR count). The highest BCUT2D eigenvalue weighted by Crippen LogP contribution is 2.36. The van der Waals surface area contributed by atoms with Crippen molar-refractivity contribution in [1.29, 1.82) is 0 Å². The number of thiophene rings is 1. The molecule has 35 heavy (non-hydrogen) atoms. The van der Waals surface area contributed by atoms with E-state index in [1.54, 1.807) is 20.9 Å². The normalized spacial score (nSPS) is 19.4. The minimum Gasteiger partial charge on any atom is -0.320 e. The van der Waals surface area contributed by atoms with Crippen molar-refractivity contribution < 1.29 is 9.59 Å². The Bertz CT molecular complexity index is 1270. The smallest absolute Gasteiger partial charge is 0.254 e. The van der Waals surface area contributed by atoms with Crippen LogP contribution in [0.4, 0.5) is 0 Å². The third-order valence-corrected chi connectivity index (χ3v) is 7.94. The number of carbonyl (C=O) groups is 2. The van der Waals surface area contributed by atoms with Crippen LogP contribution in [0.3, 0.4) is 0 Å². The van der Waals surface area contributed by atoms with Crippen molar-refractivity contribution in [2.45, 2.75) is 71.1 Å². The van der Waals surface area contributed by atoms with Crippen LogP contribution in [0.5, 0.6) is 0 Å². The summed E-state index contributed by atoms with van der Waals surface area (Å²) in [5.41, 5.74) is 3.44. The van der Waals surface area contributed by atoms with Crippen LogP contribution in [-0.4, -0.2) is 48.7 Å². The van der Waals surface area contributed by atoms with Crippen molar-refractivity contribution >= 4 is 34.2 Å². The Kier molecular flexibility index (Phi) is 6.81. The van der Waals surface area contributed by atoms with E-state index in [0.717, 1.165) is 52.9 Å². The van der Waals surface area contributed by atoms with Gasteiger partial charge in [0, 0.05) is 22.2 Å². The number of rotatable bonds is 7. The van der Waals surface area contributed by atoms with Crippen molar-refractivity contribution in [2.75, 3.05) is 0 Å². The maximum Gasteiger partial charge on any atom is 0.254 e. The van der Waals surface area contributed by atoms with E-state index in [1.807, 2.05) is 72.7 Å². The quantitative estimate of drug-likeness (QED) is 0.473. The Morgan fingerprint density at radius 3 is 2.71 bits per heavy atom. The summed E-state index contributed by atoms with van der Waals surface area (Å²) < 4.78 is 1.63. The Hall–Kier alpha value is -3.26. The summed E-state index contributed by atoms with van der Waals surface area (Å²) >= 11 is 1.60. The van der Waals surface area contributed by atoms with Gasteiger partial charge in [0.25, 0.3) is 5.91 Å². The van der Waals surface area contributed by atoms with Crippen LogP contribution in [0.1, 0.15) is 50.8 Å². The third kappa shape index (κ3) is 4.55. The second-order valence-corrected chi connectivity index (χ2v) is 10.3. The van der Waals surface area contributed by atoms with Gasteiger partial charge in [-0.3, -0.25) is 9.59 Å². The van der Waals surface area contributed by atoms with Crippen LogP contribution in [0.15, 0.2) is 65.2 Å². The molecule has 2 aliphatic rings. The summed E-state index contributed by atoms with van der Waals surface area (Å²) in [6.45, 7) is 4.40. The lowest BCUT2D eigenvalue weighted by molar-refractivity contribution is -0.143. The molecule has 2 amide bonds. The zero-order valence-electron chi connectivity index (χ0n) is 20.3. The average molecular weight is 490 g/mol. The fraction of sp³-hybridized carbons (Fsp3) is 0.407. The molecule has 2 aromatic heterocycles. The molecule has 1 unspecified atom stereocenters. The molecule has 0 spiro atoms. The first-order chi connectivity index (χ1) is 17.1. The second-order valence-electron chi connectivity index (χ2n) is 9.28. The molecular formula is C27H31N5O2S. The van der Waals surface area contributed by atoms with Crippen LogP contribution < -0.4 is 0 Å². The summed E-state index contributed by atoms with van der Waals surface area (Å²) in [5, 5.41) is 10.4. The van der Waals surface area contributed by atoms with E-state index >= 15 is 0 Å². The number of amides is 2. The molecule has 1 aliphatic heterocycles. The monoisotopic (exact) mass is 489 g/mol. The van der Waals surface area contributed by atoms with E-state index in [1.165, 1.54) is 6.42 Å². The van der Waals surface area contributed by atoms with Crippen LogP contribution in [0.25, 0.3) is 11.0 Å². The first kappa shape index (κ1) is 23.5. The number of benzene rings is 1. The lowest BCUT2D eigenvalue weighted by Crippen LogP contribution is -2.49. The predicted octanol–water partition coefficient (Wildman–Crippen LogP) is 4.92. The van der Waals surface area contributed by atoms with Gasteiger partial charge >= 0.3 is 0 Å². The molecule has 0 N–H and O–H groups in total. The molecule has 3 heterocycles. The minimum absolute atomic E-state index is 0.0101. The van der Waals surface area contributed by atoms with Gasteiger partial charge < -0.3 is 9.80 Å². The summed E-state index contributed by atoms with van der Waals surface area (Å²) in [5.74, 6) is -0.136. The minimum atomic E-state index is -0.641. The van der Waals surface area contributed by atoms with E-state index in [9.17, 15) is 9.59 Å². The Morgan fingerprint density at radius 1 is 1.17 bits per heavy atom. The molecule has 0 bridgehead atoms. The highest BCUT2D eigenvalue weighted by molar-refractivity contribution is 7.09. The summed E-state index contributed by atoms with van der Waals surface area (Å²) in [6.07, 6.45) is 9.50. The zero-order valence-corrected chi connectivity index (χ0v) is 21.1. The van der Waals surface area contributed by atoms with Crippen LogP contribution in [0, 0.1) is 0 Å². The predicted molar refractivity (Wildman–Crippen MR) is 137 cm³/mol. The molecule has 1 aliphatic carbocycles. The average Bonchev–Trinajstić information content (AvgIpc) is 3.58. The maximum atomic E-state index is 14.0. The van der Waals surface area contributed by atoms with Crippen molar-refractivity contribution in [1.82, 2.24) is 24.8 Å². The number of allylic oxidation sites excluding steroid dienone is 2. The lowest BCUT2D eigenvalue weighted by atomic mass is 9.94. The van der Waals surface area contributed by atoms with Gasteiger partial charge in [-0.2, -0.15) is 0 Å². The van der Waals surface area contributed by atoms with Gasteiger partial charge in [-0.1, -0.05) is 54.8 Å². The first-order valence-corrected chi connectivity index (χ1v) is 13.2. The number of fused-ring (bicyclic) bond motifs is 1. The number of hydrogen-bond donors (Lipinski definition) is 0. The summed E-state index contributed by atoms with van der Waals surface area (Å²) in [6, 6.07) is 11.2. The zero-order chi connectivity index (χ0) is 24.4. The number of carbonyl (C=O) groups excluding carboxylic acids is 2. The van der Waals surface area contributed by atoms with Crippen molar-refractivity contribution in [2.24, 2.45) is 0 Å². The maximum absolute atomic E-state index is 14.0. The highest BCUT2D eigenvalue weighted by atomic mass is 32.1. The molecule has 1 saturated carbocycles. The summed E-state index contributed by atoms with van der Waals surface area (Å²) in [4.78, 5) is 32.7. The fourth-order valence-electron chi connectivity index (χ4n) is 5.40. The lowest BCUT2D eigenvalue weighted by Gasteiger charge is -2.34. The molecular weight excluding hydrogens is 458 g/mol. The third-order valence-electron chi connectivity index (χ3n) is 7.07. The number of para-hydroxylation sites is 1. The molecule has 182 valence electrons. The van der Waals surface area contributed by atoms with Gasteiger partial charge in [0.1, 0.15) is 18.1 Å².